The van der Waals surface area contributed by atoms with Gasteiger partial charge in [0, 0.05) is 19.0 Å². The number of hydrogen-bond donors (Lipinski definition) is 0. The van der Waals surface area contributed by atoms with E-state index >= 15 is 0 Å². The molecular weight excluding hydrogens is 304 g/mol. The maximum atomic E-state index is 13.7. The van der Waals surface area contributed by atoms with Gasteiger partial charge in [0.1, 0.15) is 17.2 Å². The highest BCUT2D eigenvalue weighted by Crippen LogP contribution is 2.24. The van der Waals surface area contributed by atoms with E-state index in [0.29, 0.717) is 25.9 Å². The standard InChI is InChI=1S/C17H21F2NO3/c1-17(2,3)23-16(22)20-8-6-11(7-9-20)15(21)13-10-12(18)4-5-14(13)19/h4-5,10-11H,6-9H2,1-3H3. The quantitative estimate of drug-likeness (QED) is 0.777. The molecular formula is C17H21F2NO3. The Bertz CT molecular complexity index is 602. The Morgan fingerprint density at radius 3 is 2.35 bits per heavy atom. The second kappa shape index (κ2) is 6.64. The molecule has 1 saturated heterocycles. The number of hydrogen-bond acceptors (Lipinski definition) is 3. The topological polar surface area (TPSA) is 46.6 Å². The third-order valence-corrected chi connectivity index (χ3v) is 3.71. The monoisotopic (exact) mass is 325 g/mol. The van der Waals surface area contributed by atoms with E-state index in [1.165, 1.54) is 4.90 Å². The molecule has 0 bridgehead atoms. The molecule has 0 radical (unpaired) electrons. The molecule has 6 heteroatoms. The molecule has 1 aliphatic rings. The molecule has 4 nitrogen and oxygen atoms in total. The first-order valence-electron chi connectivity index (χ1n) is 7.64. The van der Waals surface area contributed by atoms with Gasteiger partial charge in [-0.2, -0.15) is 0 Å². The van der Waals surface area contributed by atoms with E-state index in [1.54, 1.807) is 20.8 Å². The van der Waals surface area contributed by atoms with Crippen molar-refractivity contribution in [2.75, 3.05) is 13.1 Å². The zero-order valence-electron chi connectivity index (χ0n) is 13.6. The Morgan fingerprint density at radius 1 is 1.17 bits per heavy atom. The highest BCUT2D eigenvalue weighted by molar-refractivity contribution is 5.98. The predicted octanol–water partition coefficient (Wildman–Crippen LogP) is 3.79. The maximum Gasteiger partial charge on any atom is 0.410 e. The van der Waals surface area contributed by atoms with Gasteiger partial charge in [-0.25, -0.2) is 13.6 Å². The summed E-state index contributed by atoms with van der Waals surface area (Å²) in [5, 5.41) is 0. The van der Waals surface area contributed by atoms with Gasteiger partial charge < -0.3 is 9.64 Å². The van der Waals surface area contributed by atoms with Crippen molar-refractivity contribution in [2.24, 2.45) is 5.92 Å². The second-order valence-corrected chi connectivity index (χ2v) is 6.73. The largest absolute Gasteiger partial charge is 0.444 e. The van der Waals surface area contributed by atoms with Crippen molar-refractivity contribution in [1.29, 1.82) is 0 Å². The van der Waals surface area contributed by atoms with Gasteiger partial charge >= 0.3 is 6.09 Å². The van der Waals surface area contributed by atoms with Crippen LogP contribution in [0.25, 0.3) is 0 Å². The van der Waals surface area contributed by atoms with Crippen molar-refractivity contribution in [2.45, 2.75) is 39.2 Å². The van der Waals surface area contributed by atoms with Gasteiger partial charge in [-0.15, -0.1) is 0 Å². The van der Waals surface area contributed by atoms with E-state index in [0.717, 1.165) is 18.2 Å². The van der Waals surface area contributed by atoms with Crippen LogP contribution >= 0.6 is 0 Å². The summed E-state index contributed by atoms with van der Waals surface area (Å²) in [5.41, 5.74) is -0.797. The van der Waals surface area contributed by atoms with Gasteiger partial charge in [0.2, 0.25) is 0 Å². The van der Waals surface area contributed by atoms with E-state index in [4.69, 9.17) is 4.74 Å². The summed E-state index contributed by atoms with van der Waals surface area (Å²) in [4.78, 5) is 25.8. The summed E-state index contributed by atoms with van der Waals surface area (Å²) < 4.78 is 32.2. The molecule has 1 amide bonds. The van der Waals surface area contributed by atoms with Crippen LogP contribution in [0.4, 0.5) is 13.6 Å². The average Bonchev–Trinajstić information content (AvgIpc) is 2.47. The minimum atomic E-state index is -0.717. The lowest BCUT2D eigenvalue weighted by Gasteiger charge is -2.33. The molecule has 1 fully saturated rings. The molecule has 0 aliphatic carbocycles. The summed E-state index contributed by atoms with van der Waals surface area (Å²) in [7, 11) is 0. The fourth-order valence-corrected chi connectivity index (χ4v) is 2.56. The van der Waals surface area contributed by atoms with E-state index in [2.05, 4.69) is 0 Å². The predicted molar refractivity (Wildman–Crippen MR) is 81.2 cm³/mol. The van der Waals surface area contributed by atoms with Crippen molar-refractivity contribution in [1.82, 2.24) is 4.90 Å². The minimum Gasteiger partial charge on any atom is -0.444 e. The molecule has 126 valence electrons. The Morgan fingerprint density at radius 2 is 1.78 bits per heavy atom. The average molecular weight is 325 g/mol. The molecule has 1 aliphatic heterocycles. The molecule has 0 unspecified atom stereocenters. The lowest BCUT2D eigenvalue weighted by molar-refractivity contribution is 0.0182. The van der Waals surface area contributed by atoms with Crippen LogP contribution in [-0.4, -0.2) is 35.5 Å². The lowest BCUT2D eigenvalue weighted by Crippen LogP contribution is -2.43. The van der Waals surface area contributed by atoms with Crippen LogP contribution in [-0.2, 0) is 4.74 Å². The molecule has 0 N–H and O–H groups in total. The number of halogens is 2. The van der Waals surface area contributed by atoms with Crippen molar-refractivity contribution in [3.63, 3.8) is 0 Å². The first-order chi connectivity index (χ1) is 10.7. The van der Waals surface area contributed by atoms with Crippen molar-refractivity contribution in [3.8, 4) is 0 Å². The molecule has 23 heavy (non-hydrogen) atoms. The number of carbonyl (C=O) groups is 2. The van der Waals surface area contributed by atoms with Gasteiger partial charge in [0.05, 0.1) is 5.56 Å². The zero-order chi connectivity index (χ0) is 17.2. The Kier molecular flexibility index (Phi) is 5.02. The van der Waals surface area contributed by atoms with Gasteiger partial charge in [-0.1, -0.05) is 0 Å². The molecule has 0 spiro atoms. The summed E-state index contributed by atoms with van der Waals surface area (Å²) in [5.74, 6) is -2.18. The number of amides is 1. The number of rotatable bonds is 2. The van der Waals surface area contributed by atoms with Gasteiger partial charge in [0.15, 0.2) is 5.78 Å². The zero-order valence-corrected chi connectivity index (χ0v) is 13.6. The summed E-state index contributed by atoms with van der Waals surface area (Å²) in [6.07, 6.45) is 0.405. The van der Waals surface area contributed by atoms with Crippen LogP contribution in [0.3, 0.4) is 0 Å². The number of Topliss-reactive ketones (excluding diaryl/α,β-unsaturated/α-hetero) is 1. The van der Waals surface area contributed by atoms with Gasteiger partial charge in [-0.3, -0.25) is 4.79 Å². The van der Waals surface area contributed by atoms with Crippen molar-refractivity contribution < 1.29 is 23.1 Å². The first kappa shape index (κ1) is 17.4. The number of ketones is 1. The Labute approximate surface area is 134 Å². The summed E-state index contributed by atoms with van der Waals surface area (Å²) in [6.45, 7) is 6.08. The molecule has 1 aromatic rings. The molecule has 0 atom stereocenters. The molecule has 0 saturated carbocycles. The second-order valence-electron chi connectivity index (χ2n) is 6.73. The number of carbonyl (C=O) groups excluding carboxylic acids is 2. The Hall–Kier alpha value is -1.98. The molecule has 1 aromatic carbocycles. The van der Waals surface area contributed by atoms with Crippen molar-refractivity contribution in [3.05, 3.63) is 35.4 Å². The number of nitrogens with zero attached hydrogens (tertiary/aromatic N) is 1. The molecule has 0 aromatic heterocycles. The first-order valence-corrected chi connectivity index (χ1v) is 7.64. The number of likely N-dealkylation sites (tertiary alicyclic amines) is 1. The smallest absolute Gasteiger partial charge is 0.410 e. The van der Waals surface area contributed by atoms with Crippen LogP contribution in [0.2, 0.25) is 0 Å². The summed E-state index contributed by atoms with van der Waals surface area (Å²) in [6, 6.07) is 2.87. The summed E-state index contributed by atoms with van der Waals surface area (Å²) >= 11 is 0. The van der Waals surface area contributed by atoms with E-state index < -0.39 is 35.0 Å². The van der Waals surface area contributed by atoms with Gasteiger partial charge in [0.25, 0.3) is 0 Å². The number of ether oxygens (including phenoxy) is 1. The van der Waals surface area contributed by atoms with Crippen LogP contribution in [0.15, 0.2) is 18.2 Å². The highest BCUT2D eigenvalue weighted by Gasteiger charge is 2.31. The lowest BCUT2D eigenvalue weighted by atomic mass is 9.89. The van der Waals surface area contributed by atoms with E-state index in [9.17, 15) is 18.4 Å². The number of piperidine rings is 1. The van der Waals surface area contributed by atoms with E-state index in [1.807, 2.05) is 0 Å². The molecule has 2 rings (SSSR count). The fourth-order valence-electron chi connectivity index (χ4n) is 2.56. The van der Waals surface area contributed by atoms with Crippen LogP contribution < -0.4 is 0 Å². The van der Waals surface area contributed by atoms with Crippen molar-refractivity contribution >= 4 is 11.9 Å². The molecule has 1 heterocycles. The maximum absolute atomic E-state index is 13.7. The Balaban J connectivity index is 1.97. The van der Waals surface area contributed by atoms with Crippen LogP contribution in [0.5, 0.6) is 0 Å². The van der Waals surface area contributed by atoms with E-state index in [-0.39, 0.29) is 5.56 Å². The third-order valence-electron chi connectivity index (χ3n) is 3.71. The highest BCUT2D eigenvalue weighted by atomic mass is 19.1. The normalized spacial score (nSPS) is 16.3. The fraction of sp³-hybridized carbons (Fsp3) is 0.529. The van der Waals surface area contributed by atoms with Gasteiger partial charge in [-0.05, 0) is 51.8 Å². The third kappa shape index (κ3) is 4.50. The SMILES string of the molecule is CC(C)(C)OC(=O)N1CCC(C(=O)c2cc(F)ccc2F)CC1. The van der Waals surface area contributed by atoms with Crippen LogP contribution in [0.1, 0.15) is 44.0 Å². The van der Waals surface area contributed by atoms with Crippen LogP contribution in [0, 0.1) is 17.6 Å². The minimum absolute atomic E-state index is 0.222. The number of benzene rings is 1.